The standard InChI is InChI=1S/C13H17NO4/c1-3-6-14-13(16)9-18-12-7-11(17-2)5-4-10(12)8-15/h4-5,7-8H,3,6,9H2,1-2H3,(H,14,16). The van der Waals surface area contributed by atoms with Gasteiger partial charge in [0.2, 0.25) is 0 Å². The highest BCUT2D eigenvalue weighted by Gasteiger charge is 2.07. The Hall–Kier alpha value is -2.04. The van der Waals surface area contributed by atoms with E-state index in [4.69, 9.17) is 9.47 Å². The third-order valence-corrected chi connectivity index (χ3v) is 2.28. The minimum atomic E-state index is -0.212. The number of rotatable bonds is 7. The minimum Gasteiger partial charge on any atom is -0.497 e. The highest BCUT2D eigenvalue weighted by molar-refractivity contribution is 5.81. The van der Waals surface area contributed by atoms with Crippen LogP contribution in [0, 0.1) is 0 Å². The zero-order chi connectivity index (χ0) is 13.4. The van der Waals surface area contributed by atoms with Crippen LogP contribution in [0.2, 0.25) is 0 Å². The molecule has 1 rings (SSSR count). The SMILES string of the molecule is CCCNC(=O)COc1cc(OC)ccc1C=O. The van der Waals surface area contributed by atoms with Crippen LogP contribution in [-0.2, 0) is 4.79 Å². The number of hydrogen-bond acceptors (Lipinski definition) is 4. The molecule has 1 amide bonds. The topological polar surface area (TPSA) is 64.6 Å². The lowest BCUT2D eigenvalue weighted by molar-refractivity contribution is -0.123. The molecule has 0 bridgehead atoms. The van der Waals surface area contributed by atoms with Crippen molar-refractivity contribution in [1.82, 2.24) is 5.32 Å². The first-order chi connectivity index (χ1) is 8.71. The maximum atomic E-state index is 11.4. The van der Waals surface area contributed by atoms with Crippen molar-refractivity contribution in [1.29, 1.82) is 0 Å². The Balaban J connectivity index is 2.64. The third-order valence-electron chi connectivity index (χ3n) is 2.28. The summed E-state index contributed by atoms with van der Waals surface area (Å²) in [6.07, 6.45) is 1.54. The minimum absolute atomic E-state index is 0.117. The van der Waals surface area contributed by atoms with E-state index in [0.717, 1.165) is 6.42 Å². The van der Waals surface area contributed by atoms with E-state index in [9.17, 15) is 9.59 Å². The first-order valence-corrected chi connectivity index (χ1v) is 5.74. The van der Waals surface area contributed by atoms with E-state index in [2.05, 4.69) is 5.32 Å². The van der Waals surface area contributed by atoms with Crippen molar-refractivity contribution >= 4 is 12.2 Å². The molecule has 0 aromatic heterocycles. The molecule has 5 nitrogen and oxygen atoms in total. The monoisotopic (exact) mass is 251 g/mol. The molecule has 0 unspecified atom stereocenters. The molecule has 0 aliphatic carbocycles. The summed E-state index contributed by atoms with van der Waals surface area (Å²) in [6.45, 7) is 2.46. The number of benzene rings is 1. The number of methoxy groups -OCH3 is 1. The first kappa shape index (κ1) is 14.0. The number of carbonyl (C=O) groups excluding carboxylic acids is 2. The average molecular weight is 251 g/mol. The van der Waals surface area contributed by atoms with E-state index in [1.807, 2.05) is 6.92 Å². The van der Waals surface area contributed by atoms with Crippen LogP contribution in [0.5, 0.6) is 11.5 Å². The van der Waals surface area contributed by atoms with Crippen LogP contribution in [0.4, 0.5) is 0 Å². The summed E-state index contributed by atoms with van der Waals surface area (Å²) in [5.74, 6) is 0.706. The van der Waals surface area contributed by atoms with Gasteiger partial charge in [-0.15, -0.1) is 0 Å². The molecule has 18 heavy (non-hydrogen) atoms. The zero-order valence-corrected chi connectivity index (χ0v) is 10.6. The van der Waals surface area contributed by atoms with Gasteiger partial charge >= 0.3 is 0 Å². The molecule has 0 aliphatic rings. The molecule has 0 aliphatic heterocycles. The molecular formula is C13H17NO4. The first-order valence-electron chi connectivity index (χ1n) is 5.74. The number of ether oxygens (including phenoxy) is 2. The fourth-order valence-corrected chi connectivity index (χ4v) is 1.32. The lowest BCUT2D eigenvalue weighted by Gasteiger charge is -2.10. The Labute approximate surface area is 106 Å². The quantitative estimate of drug-likeness (QED) is 0.744. The summed E-state index contributed by atoms with van der Waals surface area (Å²) >= 11 is 0. The lowest BCUT2D eigenvalue weighted by Crippen LogP contribution is -2.29. The van der Waals surface area contributed by atoms with E-state index >= 15 is 0 Å². The van der Waals surface area contributed by atoms with Crippen LogP contribution in [0.25, 0.3) is 0 Å². The molecule has 1 aromatic carbocycles. The van der Waals surface area contributed by atoms with Crippen molar-refractivity contribution in [3.63, 3.8) is 0 Å². The van der Waals surface area contributed by atoms with Gasteiger partial charge in [0.15, 0.2) is 12.9 Å². The number of carbonyl (C=O) groups is 2. The van der Waals surface area contributed by atoms with E-state index in [1.54, 1.807) is 18.2 Å². The average Bonchev–Trinajstić information content (AvgIpc) is 2.42. The number of aldehydes is 1. The second-order valence-corrected chi connectivity index (χ2v) is 3.66. The van der Waals surface area contributed by atoms with Crippen molar-refractivity contribution < 1.29 is 19.1 Å². The summed E-state index contributed by atoms with van der Waals surface area (Å²) in [5, 5.41) is 2.69. The fraction of sp³-hybridized carbons (Fsp3) is 0.385. The molecule has 0 radical (unpaired) electrons. The van der Waals surface area contributed by atoms with Crippen LogP contribution < -0.4 is 14.8 Å². The summed E-state index contributed by atoms with van der Waals surface area (Å²) in [5.41, 5.74) is 0.388. The molecule has 0 spiro atoms. The summed E-state index contributed by atoms with van der Waals surface area (Å²) < 4.78 is 10.3. The summed E-state index contributed by atoms with van der Waals surface area (Å²) in [4.78, 5) is 22.2. The number of amides is 1. The predicted molar refractivity (Wildman–Crippen MR) is 67.2 cm³/mol. The Kier molecular flexibility index (Phi) is 5.70. The third kappa shape index (κ3) is 4.08. The second-order valence-electron chi connectivity index (χ2n) is 3.66. The molecule has 0 heterocycles. The van der Waals surface area contributed by atoms with Gasteiger partial charge in [-0.25, -0.2) is 0 Å². The van der Waals surface area contributed by atoms with Gasteiger partial charge in [0.05, 0.1) is 12.7 Å². The smallest absolute Gasteiger partial charge is 0.257 e. The van der Waals surface area contributed by atoms with Crippen molar-refractivity contribution in [2.24, 2.45) is 0 Å². The fourth-order valence-electron chi connectivity index (χ4n) is 1.32. The molecule has 1 N–H and O–H groups in total. The lowest BCUT2D eigenvalue weighted by atomic mass is 10.2. The Morgan fingerprint density at radius 3 is 2.83 bits per heavy atom. The number of nitrogens with one attached hydrogen (secondary N) is 1. The highest BCUT2D eigenvalue weighted by Crippen LogP contribution is 2.23. The van der Waals surface area contributed by atoms with Gasteiger partial charge in [0.1, 0.15) is 11.5 Å². The van der Waals surface area contributed by atoms with Crippen molar-refractivity contribution in [2.45, 2.75) is 13.3 Å². The van der Waals surface area contributed by atoms with Gasteiger partial charge in [0.25, 0.3) is 5.91 Å². The van der Waals surface area contributed by atoms with E-state index in [0.29, 0.717) is 29.9 Å². The summed E-state index contributed by atoms with van der Waals surface area (Å²) in [6, 6.07) is 4.83. The van der Waals surface area contributed by atoms with Crippen molar-refractivity contribution in [3.8, 4) is 11.5 Å². The van der Waals surface area contributed by atoms with E-state index in [1.165, 1.54) is 7.11 Å². The highest BCUT2D eigenvalue weighted by atomic mass is 16.5. The van der Waals surface area contributed by atoms with Crippen LogP contribution in [0.3, 0.4) is 0 Å². The molecule has 5 heteroatoms. The van der Waals surface area contributed by atoms with Crippen LogP contribution in [0.15, 0.2) is 18.2 Å². The van der Waals surface area contributed by atoms with Gasteiger partial charge in [0, 0.05) is 12.6 Å². The van der Waals surface area contributed by atoms with Gasteiger partial charge < -0.3 is 14.8 Å². The van der Waals surface area contributed by atoms with Gasteiger partial charge in [-0.3, -0.25) is 9.59 Å². The Morgan fingerprint density at radius 1 is 1.44 bits per heavy atom. The normalized spacial score (nSPS) is 9.67. The predicted octanol–water partition coefficient (Wildman–Crippen LogP) is 1.41. The zero-order valence-electron chi connectivity index (χ0n) is 10.6. The Morgan fingerprint density at radius 2 is 2.22 bits per heavy atom. The van der Waals surface area contributed by atoms with Crippen molar-refractivity contribution in [3.05, 3.63) is 23.8 Å². The molecule has 0 saturated carbocycles. The Bertz CT molecular complexity index is 417. The molecule has 0 fully saturated rings. The largest absolute Gasteiger partial charge is 0.497 e. The van der Waals surface area contributed by atoms with Crippen LogP contribution >= 0.6 is 0 Å². The molecule has 98 valence electrons. The van der Waals surface area contributed by atoms with Crippen LogP contribution in [0.1, 0.15) is 23.7 Å². The second kappa shape index (κ2) is 7.32. The molecule has 1 aromatic rings. The van der Waals surface area contributed by atoms with Gasteiger partial charge in [-0.2, -0.15) is 0 Å². The van der Waals surface area contributed by atoms with Crippen LogP contribution in [-0.4, -0.2) is 32.5 Å². The van der Waals surface area contributed by atoms with Gasteiger partial charge in [-0.05, 0) is 18.6 Å². The maximum absolute atomic E-state index is 11.4. The van der Waals surface area contributed by atoms with E-state index in [-0.39, 0.29) is 12.5 Å². The van der Waals surface area contributed by atoms with E-state index < -0.39 is 0 Å². The van der Waals surface area contributed by atoms with Gasteiger partial charge in [-0.1, -0.05) is 6.92 Å². The number of hydrogen-bond donors (Lipinski definition) is 1. The molecular weight excluding hydrogens is 234 g/mol. The van der Waals surface area contributed by atoms with Crippen molar-refractivity contribution in [2.75, 3.05) is 20.3 Å². The maximum Gasteiger partial charge on any atom is 0.257 e. The molecule has 0 saturated heterocycles. The summed E-state index contributed by atoms with van der Waals surface area (Å²) in [7, 11) is 1.52. The molecule has 0 atom stereocenters.